The Morgan fingerprint density at radius 2 is 1.03 bits per heavy atom. The van der Waals surface area contributed by atoms with E-state index in [1.165, 1.54) is 76.5 Å². The van der Waals surface area contributed by atoms with Crippen molar-refractivity contribution in [2.24, 2.45) is 23.1 Å². The molecule has 19 N–H and O–H groups in total. The molecular weight excluding hydrogens is 1770 g/mol. The number of unbranched alkanes of at least 4 members (excludes halogenated alkanes) is 1. The summed E-state index contributed by atoms with van der Waals surface area (Å²) in [4.78, 5) is 246. The minimum Gasteiger partial charge on any atom is -0.508 e. The number of hydrogen-bond donors (Lipinski definition) is 16. The van der Waals surface area contributed by atoms with E-state index in [1.807, 2.05) is 0 Å². The first-order chi connectivity index (χ1) is 63.9. The van der Waals surface area contributed by atoms with Crippen molar-refractivity contribution in [2.45, 2.75) is 176 Å². The third-order valence-corrected chi connectivity index (χ3v) is 24.3. The van der Waals surface area contributed by atoms with Gasteiger partial charge in [0.1, 0.15) is 90.0 Å². The number of thioether (sulfide) groups is 1. The summed E-state index contributed by atoms with van der Waals surface area (Å²) >= 11 is 0.634. The molecule has 39 nitrogen and oxygen atoms in total. The molecule has 1 aromatic heterocycles. The van der Waals surface area contributed by atoms with Gasteiger partial charge in [0.2, 0.25) is 88.6 Å². The van der Waals surface area contributed by atoms with Crippen molar-refractivity contribution in [3.63, 3.8) is 0 Å². The fraction of sp³-hybridized carbons (Fsp3) is 0.473. The van der Waals surface area contributed by atoms with Gasteiger partial charge in [0.15, 0.2) is 17.5 Å². The topological polar surface area (TPSA) is 571 Å². The molecule has 134 heavy (non-hydrogen) atoms. The first-order valence-electron chi connectivity index (χ1n) is 43.9. The summed E-state index contributed by atoms with van der Waals surface area (Å²) in [6, 6.07) is 5.40. The van der Waals surface area contributed by atoms with Gasteiger partial charge in [0.05, 0.1) is 45.1 Å². The number of aromatic hydroxyl groups is 2. The number of ether oxygens (including phenoxy) is 2. The number of para-hydroxylation sites is 1. The number of carboxylic acid groups (broad SMARTS) is 1. The van der Waals surface area contributed by atoms with E-state index in [9.17, 15) is 53.3 Å². The lowest BCUT2D eigenvalue weighted by molar-refractivity contribution is -0.158. The van der Waals surface area contributed by atoms with Crippen LogP contribution in [0.3, 0.4) is 0 Å². The predicted molar refractivity (Wildman–Crippen MR) is 482 cm³/mol. The van der Waals surface area contributed by atoms with Gasteiger partial charge in [-0.25, -0.2) is 13.2 Å². The van der Waals surface area contributed by atoms with Crippen LogP contribution in [0.25, 0.3) is 10.9 Å². The highest BCUT2D eigenvalue weighted by Crippen LogP contribution is 2.27. The Morgan fingerprint density at radius 1 is 0.515 bits per heavy atom. The number of amides is 15. The van der Waals surface area contributed by atoms with Crippen molar-refractivity contribution >= 4 is 117 Å². The lowest BCUT2D eigenvalue weighted by Crippen LogP contribution is -2.64. The van der Waals surface area contributed by atoms with Crippen LogP contribution in [0.5, 0.6) is 11.5 Å². The van der Waals surface area contributed by atoms with Crippen LogP contribution < -0.4 is 65.1 Å². The molecule has 0 saturated carbocycles. The van der Waals surface area contributed by atoms with E-state index in [-0.39, 0.29) is 108 Å². The Morgan fingerprint density at radius 3 is 1.62 bits per heavy atom. The van der Waals surface area contributed by atoms with Crippen molar-refractivity contribution in [1.82, 2.24) is 77.3 Å². The number of nitrogens with one attached hydrogen (secondary N) is 10. The number of rotatable bonds is 24. The number of carbonyl (C=O) groups excluding carboxylic acids is 15. The average Bonchev–Trinajstić information content (AvgIpc) is 1.22. The number of aliphatic carboxylic acids is 1. The van der Waals surface area contributed by atoms with E-state index in [1.54, 1.807) is 67.7 Å². The van der Waals surface area contributed by atoms with E-state index >= 15 is 51.9 Å². The summed E-state index contributed by atoms with van der Waals surface area (Å²) < 4.78 is 56.7. The van der Waals surface area contributed by atoms with Gasteiger partial charge in [0.25, 0.3) is 0 Å². The number of morpholine rings is 2. The minimum atomic E-state index is -2.02. The summed E-state index contributed by atoms with van der Waals surface area (Å²) in [6.45, 7) is 1.69. The normalized spacial score (nSPS) is 23.7. The monoisotopic (exact) mass is 1890 g/mol. The van der Waals surface area contributed by atoms with Gasteiger partial charge in [-0.05, 0) is 115 Å². The summed E-state index contributed by atoms with van der Waals surface area (Å²) in [7, 11) is 3.62. The molecule has 3 aliphatic heterocycles. The number of nitrogens with two attached hydrogens (primary N) is 3. The number of aromatic nitrogens is 1. The summed E-state index contributed by atoms with van der Waals surface area (Å²) in [5, 5.41) is 55.0. The number of benzene rings is 5. The molecule has 4 heterocycles. The van der Waals surface area contributed by atoms with Crippen LogP contribution in [0, 0.1) is 23.4 Å². The molecule has 0 radical (unpaired) electrons. The molecule has 15 amide bonds. The Balaban J connectivity index is 1.14. The van der Waals surface area contributed by atoms with Gasteiger partial charge in [-0.1, -0.05) is 106 Å². The van der Waals surface area contributed by atoms with Crippen molar-refractivity contribution in [2.75, 3.05) is 91.8 Å². The van der Waals surface area contributed by atoms with Crippen molar-refractivity contribution < 1.29 is 115 Å². The fourth-order valence-electron chi connectivity index (χ4n) is 15.8. The quantitative estimate of drug-likeness (QED) is 0.0326. The van der Waals surface area contributed by atoms with Gasteiger partial charge in [-0.2, -0.15) is 0 Å². The number of fused-ring (bicyclic) bond motifs is 3. The number of halogens is 3. The van der Waals surface area contributed by atoms with Gasteiger partial charge in [0, 0.05) is 89.2 Å². The standard InChI is InChI=1S/C91H117F3N18O21S/c1-7-8-20-69-90(130)112-33-35-133-47-73(112)86(126)105-66(43-76(117)118)83(123)107-78(50(2)3)91(131)109(5)70(40-51-15-10-9-11-16-51)84(124)102-63(29-31-96)88(128)111-32-34-132-46-72(111)85(125)104-65(42-55-44-98-61-18-13-12-17-58(55)61)82(122)103-64(38-52-21-25-56(113)26-22-52)81(121)101-62(19-14-30-95)80(120)106-68(79(119)99-45-74(97)115)48-134-49-75(116)100-67(39-54-36-59(92)77(94)60(93)37-54)87(127)110(6)71(89(129)108(69)4)41-53-23-27-57(114)28-24-53/h9-13,15-18,21-28,36-37,44,50,62-73,78,98,113-114H,7-8,14,19-20,29-35,38-43,45-49,95-96H2,1-6H3,(H2,97,115)(H,99,119)(H,100,116)(H,101,121)(H,102,124)(H,103,122)(H,104,125)(H,105,126)(H,106,120)(H,107,123)(H,117,118)/t62-,63-,64-,65-,66-,67-,68-,69-,70-,71-,72+,73+,78-/m0/s1. The van der Waals surface area contributed by atoms with Crippen LogP contribution in [-0.2, 0) is 118 Å². The Hall–Kier alpha value is -13.3. The van der Waals surface area contributed by atoms with Crippen molar-refractivity contribution in [3.8, 4) is 11.5 Å². The number of H-pyrrole nitrogens is 1. The van der Waals surface area contributed by atoms with Gasteiger partial charge in [-0.15, -0.1) is 11.8 Å². The van der Waals surface area contributed by atoms with Gasteiger partial charge < -0.3 is 119 Å². The van der Waals surface area contributed by atoms with E-state index in [0.717, 1.165) is 31.5 Å². The molecule has 0 spiro atoms. The lowest BCUT2D eigenvalue weighted by Gasteiger charge is -2.41. The zero-order valence-electron chi connectivity index (χ0n) is 75.1. The lowest BCUT2D eigenvalue weighted by atomic mass is 9.98. The fourth-order valence-corrected chi connectivity index (χ4v) is 16.7. The van der Waals surface area contributed by atoms with E-state index in [4.69, 9.17) is 26.7 Å². The maximum absolute atomic E-state index is 15.7. The number of nitrogens with zero attached hydrogens (tertiary/aromatic N) is 5. The van der Waals surface area contributed by atoms with Crippen LogP contribution >= 0.6 is 11.8 Å². The average molecular weight is 1890 g/mol. The second-order valence-corrected chi connectivity index (χ2v) is 34.4. The highest BCUT2D eigenvalue weighted by molar-refractivity contribution is 8.00. The first-order valence-corrected chi connectivity index (χ1v) is 45.1. The minimum absolute atomic E-state index is 0.0157. The van der Waals surface area contributed by atoms with Crippen LogP contribution in [0.2, 0.25) is 0 Å². The predicted octanol–water partition coefficient (Wildman–Crippen LogP) is -0.919. The zero-order valence-corrected chi connectivity index (χ0v) is 75.9. The largest absolute Gasteiger partial charge is 0.508 e. The summed E-state index contributed by atoms with van der Waals surface area (Å²) in [5.41, 5.74) is 19.4. The summed E-state index contributed by atoms with van der Waals surface area (Å²) in [5.74, 6) is -24.8. The number of carbonyl (C=O) groups is 16. The number of carboxylic acids is 1. The first kappa shape index (κ1) is 104. The summed E-state index contributed by atoms with van der Waals surface area (Å²) in [6.07, 6.45) is -1.69. The molecule has 3 aliphatic rings. The number of phenolic OH excluding ortho intramolecular Hbond substituents is 2. The zero-order chi connectivity index (χ0) is 97.7. The molecular formula is C91H117F3N18O21S. The van der Waals surface area contributed by atoms with Gasteiger partial charge >= 0.3 is 5.97 Å². The van der Waals surface area contributed by atoms with Crippen LogP contribution in [0.1, 0.15) is 93.5 Å². The van der Waals surface area contributed by atoms with Crippen molar-refractivity contribution in [1.29, 1.82) is 0 Å². The molecule has 3 fully saturated rings. The molecule has 5 aromatic carbocycles. The number of aromatic amines is 1. The highest BCUT2D eigenvalue weighted by atomic mass is 32.2. The molecule has 3 saturated heterocycles. The molecule has 13 atom stereocenters. The number of likely N-dealkylation sites (N-methyl/N-ethyl adjacent to an activating group) is 3. The molecule has 9 rings (SSSR count). The maximum Gasteiger partial charge on any atom is 0.305 e. The third-order valence-electron chi connectivity index (χ3n) is 23.3. The van der Waals surface area contributed by atoms with Gasteiger partial charge in [-0.3, -0.25) is 76.7 Å². The molecule has 0 bridgehead atoms. The second-order valence-electron chi connectivity index (χ2n) is 33.4. The number of primary amides is 1. The number of phenols is 2. The molecule has 0 unspecified atom stereocenters. The second kappa shape index (κ2) is 50.0. The third kappa shape index (κ3) is 28.9. The molecule has 43 heteroatoms. The van der Waals surface area contributed by atoms with Crippen LogP contribution in [0.4, 0.5) is 13.2 Å². The highest BCUT2D eigenvalue weighted by Gasteiger charge is 2.46. The Labute approximate surface area is 775 Å². The van der Waals surface area contributed by atoms with Crippen LogP contribution in [0.15, 0.2) is 121 Å². The Bertz CT molecular complexity index is 5160. The smallest absolute Gasteiger partial charge is 0.305 e. The maximum atomic E-state index is 15.7. The number of hydrogen-bond acceptors (Lipinski definition) is 23. The SMILES string of the molecule is CCCC[C@H]1C(=O)N2CCOC[C@@H]2C(=O)N[C@@H](CC(=O)O)C(=O)N[C@@H](C(C)C)C(=O)N(C)[C@@H](Cc2ccccc2)C(=O)N[C@@H](CCN)C(=O)N2CCOC[C@@H]2C(=O)N[C@@H](Cc2c[nH]c3ccccc23)C(=O)N[C@@H](Cc2ccc(O)cc2)C(=O)N[C@@H](CCCN)C(=O)N[C@H](C(=O)NCC(N)=O)CSCC(=O)N[C@@H](Cc2cc(F)c(F)c(F)c2)C(=O)N(C)[C@@H](Cc2ccc(O)cc2)C(=O)N1C. The molecule has 0 aliphatic carbocycles. The van der Waals surface area contributed by atoms with Crippen molar-refractivity contribution in [3.05, 3.63) is 167 Å². The van der Waals surface area contributed by atoms with E-state index in [2.05, 4.69) is 52.8 Å². The van der Waals surface area contributed by atoms with E-state index in [0.29, 0.717) is 57.9 Å². The molecule has 6 aromatic rings. The van der Waals surface area contributed by atoms with Crippen LogP contribution in [-0.4, -0.2) is 310 Å². The molecule has 724 valence electrons. The van der Waals surface area contributed by atoms with E-state index < -0.39 is 253 Å². The Kier molecular flexibility index (Phi) is 39.0.